The summed E-state index contributed by atoms with van der Waals surface area (Å²) in [5.74, 6) is 0.457. The molecule has 5 nitrogen and oxygen atoms in total. The molecule has 0 fully saturated rings. The van der Waals surface area contributed by atoms with Crippen LogP contribution in [0.25, 0.3) is 0 Å². The predicted octanol–water partition coefficient (Wildman–Crippen LogP) is 3.31. The van der Waals surface area contributed by atoms with Crippen molar-refractivity contribution in [2.45, 2.75) is 33.7 Å². The lowest BCUT2D eigenvalue weighted by molar-refractivity contribution is 0.0950. The molecule has 6 heteroatoms. The highest BCUT2D eigenvalue weighted by Gasteiger charge is 2.12. The molecule has 1 aromatic carbocycles. The molecule has 0 radical (unpaired) electrons. The van der Waals surface area contributed by atoms with E-state index in [0.717, 1.165) is 6.42 Å². The van der Waals surface area contributed by atoms with Crippen LogP contribution < -0.4 is 10.6 Å². The number of aromatic nitrogens is 2. The first-order valence-electron chi connectivity index (χ1n) is 8.06. The van der Waals surface area contributed by atoms with Gasteiger partial charge in [0.05, 0.1) is 11.3 Å². The summed E-state index contributed by atoms with van der Waals surface area (Å²) in [5.41, 5.74) is 1.58. The zero-order chi connectivity index (χ0) is 17.5. The van der Waals surface area contributed by atoms with E-state index in [-0.39, 0.29) is 18.3 Å². The first-order chi connectivity index (χ1) is 11.5. The number of aryl methyl sites for hydroxylation is 1. The van der Waals surface area contributed by atoms with Gasteiger partial charge in [0.1, 0.15) is 5.82 Å². The lowest BCUT2D eigenvalue weighted by atomic mass is 10.1. The van der Waals surface area contributed by atoms with Crippen LogP contribution in [0.15, 0.2) is 30.5 Å². The van der Waals surface area contributed by atoms with E-state index in [9.17, 15) is 9.18 Å². The Kier molecular flexibility index (Phi) is 6.23. The molecule has 1 amide bonds. The van der Waals surface area contributed by atoms with Crippen molar-refractivity contribution in [3.63, 3.8) is 0 Å². The van der Waals surface area contributed by atoms with Gasteiger partial charge in [0, 0.05) is 24.8 Å². The molecule has 0 unspecified atom stereocenters. The Morgan fingerprint density at radius 3 is 2.71 bits per heavy atom. The number of carbonyl (C=O) groups is 1. The number of rotatable bonds is 7. The van der Waals surface area contributed by atoms with E-state index in [1.54, 1.807) is 25.1 Å². The summed E-state index contributed by atoms with van der Waals surface area (Å²) in [7, 11) is 0. The largest absolute Gasteiger partial charge is 0.352 e. The summed E-state index contributed by atoms with van der Waals surface area (Å²) in [4.78, 5) is 20.5. The SMILES string of the molecule is Cc1nc(NCc2ccccc2F)ncc1C(=O)NCCC(C)C. The van der Waals surface area contributed by atoms with Gasteiger partial charge >= 0.3 is 0 Å². The Hall–Kier alpha value is -2.50. The molecule has 1 aromatic heterocycles. The van der Waals surface area contributed by atoms with Gasteiger partial charge in [-0.05, 0) is 25.3 Å². The van der Waals surface area contributed by atoms with Crippen LogP contribution in [-0.2, 0) is 6.54 Å². The maximum absolute atomic E-state index is 13.6. The third-order valence-electron chi connectivity index (χ3n) is 3.63. The molecule has 0 atom stereocenters. The van der Waals surface area contributed by atoms with Gasteiger partial charge in [0.2, 0.25) is 5.95 Å². The van der Waals surface area contributed by atoms with Crippen LogP contribution in [0.4, 0.5) is 10.3 Å². The first kappa shape index (κ1) is 17.8. The number of anilines is 1. The van der Waals surface area contributed by atoms with E-state index in [1.165, 1.54) is 12.3 Å². The normalized spacial score (nSPS) is 10.7. The maximum Gasteiger partial charge on any atom is 0.254 e. The number of carbonyl (C=O) groups excluding carboxylic acids is 1. The number of hydrogen-bond acceptors (Lipinski definition) is 4. The lowest BCUT2D eigenvalue weighted by Gasteiger charge is -2.10. The average Bonchev–Trinajstić information content (AvgIpc) is 2.53. The Balaban J connectivity index is 1.96. The number of hydrogen-bond donors (Lipinski definition) is 2. The Morgan fingerprint density at radius 1 is 1.29 bits per heavy atom. The van der Waals surface area contributed by atoms with E-state index in [1.807, 2.05) is 0 Å². The minimum atomic E-state index is -0.275. The fourth-order valence-corrected chi connectivity index (χ4v) is 2.16. The van der Waals surface area contributed by atoms with Crippen molar-refractivity contribution in [3.05, 3.63) is 53.1 Å². The number of halogens is 1. The Morgan fingerprint density at radius 2 is 2.04 bits per heavy atom. The van der Waals surface area contributed by atoms with Crippen molar-refractivity contribution in [3.8, 4) is 0 Å². The van der Waals surface area contributed by atoms with Crippen molar-refractivity contribution in [1.29, 1.82) is 0 Å². The zero-order valence-corrected chi connectivity index (χ0v) is 14.3. The smallest absolute Gasteiger partial charge is 0.254 e. The number of nitrogens with one attached hydrogen (secondary N) is 2. The molecule has 0 bridgehead atoms. The van der Waals surface area contributed by atoms with Crippen LogP contribution >= 0.6 is 0 Å². The highest BCUT2D eigenvalue weighted by Crippen LogP contribution is 2.11. The molecular formula is C18H23FN4O. The second-order valence-electron chi connectivity index (χ2n) is 6.08. The molecule has 0 spiro atoms. The van der Waals surface area contributed by atoms with Crippen molar-refractivity contribution in [1.82, 2.24) is 15.3 Å². The van der Waals surface area contributed by atoms with Gasteiger partial charge in [-0.1, -0.05) is 32.0 Å². The predicted molar refractivity (Wildman–Crippen MR) is 92.3 cm³/mol. The van der Waals surface area contributed by atoms with Crippen LogP contribution in [-0.4, -0.2) is 22.4 Å². The standard InChI is InChI=1S/C18H23FN4O/c1-12(2)8-9-20-17(24)15-11-22-18(23-13(15)3)21-10-14-6-4-5-7-16(14)19/h4-7,11-12H,8-10H2,1-3H3,(H,20,24)(H,21,22,23). The minimum absolute atomic E-state index is 0.172. The summed E-state index contributed by atoms with van der Waals surface area (Å²) in [5, 5.41) is 5.84. The molecular weight excluding hydrogens is 307 g/mol. The molecule has 24 heavy (non-hydrogen) atoms. The van der Waals surface area contributed by atoms with Gasteiger partial charge in [0.25, 0.3) is 5.91 Å². The Labute approximate surface area is 141 Å². The second-order valence-corrected chi connectivity index (χ2v) is 6.08. The first-order valence-corrected chi connectivity index (χ1v) is 8.06. The van der Waals surface area contributed by atoms with Gasteiger partial charge in [-0.15, -0.1) is 0 Å². The van der Waals surface area contributed by atoms with Crippen LogP contribution in [0.5, 0.6) is 0 Å². The van der Waals surface area contributed by atoms with Crippen molar-refractivity contribution >= 4 is 11.9 Å². The number of nitrogens with zero attached hydrogens (tertiary/aromatic N) is 2. The van der Waals surface area contributed by atoms with Crippen molar-refractivity contribution in [2.75, 3.05) is 11.9 Å². The van der Waals surface area contributed by atoms with Crippen LogP contribution in [0.2, 0.25) is 0 Å². The van der Waals surface area contributed by atoms with E-state index >= 15 is 0 Å². The van der Waals surface area contributed by atoms with Gasteiger partial charge in [-0.2, -0.15) is 0 Å². The third kappa shape index (κ3) is 5.01. The van der Waals surface area contributed by atoms with Gasteiger partial charge in [-0.3, -0.25) is 4.79 Å². The summed E-state index contributed by atoms with van der Waals surface area (Å²) < 4.78 is 13.6. The number of benzene rings is 1. The van der Waals surface area contributed by atoms with Crippen LogP contribution in [0, 0.1) is 18.7 Å². The van der Waals surface area contributed by atoms with Gasteiger partial charge < -0.3 is 10.6 Å². The topological polar surface area (TPSA) is 66.9 Å². The summed E-state index contributed by atoms with van der Waals surface area (Å²) in [6, 6.07) is 6.53. The van der Waals surface area contributed by atoms with E-state index in [4.69, 9.17) is 0 Å². The Bertz CT molecular complexity index is 703. The van der Waals surface area contributed by atoms with Crippen molar-refractivity contribution < 1.29 is 9.18 Å². The molecule has 2 rings (SSSR count). The molecule has 0 saturated carbocycles. The summed E-state index contributed by atoms with van der Waals surface area (Å²) >= 11 is 0. The molecule has 2 aromatic rings. The molecule has 0 aliphatic carbocycles. The molecule has 2 N–H and O–H groups in total. The maximum atomic E-state index is 13.6. The molecule has 0 saturated heterocycles. The van der Waals surface area contributed by atoms with Crippen LogP contribution in [0.1, 0.15) is 41.9 Å². The second kappa shape index (κ2) is 8.38. The summed E-state index contributed by atoms with van der Waals surface area (Å²) in [6.45, 7) is 6.88. The average molecular weight is 330 g/mol. The summed E-state index contributed by atoms with van der Waals surface area (Å²) in [6.07, 6.45) is 2.42. The molecule has 0 aliphatic heterocycles. The van der Waals surface area contributed by atoms with E-state index in [0.29, 0.717) is 35.2 Å². The van der Waals surface area contributed by atoms with E-state index < -0.39 is 0 Å². The third-order valence-corrected chi connectivity index (χ3v) is 3.63. The highest BCUT2D eigenvalue weighted by atomic mass is 19.1. The van der Waals surface area contributed by atoms with Gasteiger partial charge in [0.15, 0.2) is 0 Å². The van der Waals surface area contributed by atoms with Crippen LogP contribution in [0.3, 0.4) is 0 Å². The van der Waals surface area contributed by atoms with Gasteiger partial charge in [-0.25, -0.2) is 14.4 Å². The quantitative estimate of drug-likeness (QED) is 0.817. The fourth-order valence-electron chi connectivity index (χ4n) is 2.16. The zero-order valence-electron chi connectivity index (χ0n) is 14.3. The van der Waals surface area contributed by atoms with E-state index in [2.05, 4.69) is 34.4 Å². The molecule has 1 heterocycles. The fraction of sp³-hybridized carbons (Fsp3) is 0.389. The van der Waals surface area contributed by atoms with Crippen molar-refractivity contribution in [2.24, 2.45) is 5.92 Å². The number of amides is 1. The molecule has 0 aliphatic rings. The lowest BCUT2D eigenvalue weighted by Crippen LogP contribution is -2.26. The monoisotopic (exact) mass is 330 g/mol. The molecule has 128 valence electrons. The highest BCUT2D eigenvalue weighted by molar-refractivity contribution is 5.94. The minimum Gasteiger partial charge on any atom is -0.352 e.